The fourth-order valence-corrected chi connectivity index (χ4v) is 4.01. The van der Waals surface area contributed by atoms with Gasteiger partial charge in [-0.1, -0.05) is 0 Å². The number of rotatable bonds is 4. The molecule has 0 amide bonds. The van der Waals surface area contributed by atoms with E-state index in [1.54, 1.807) is 12.1 Å². The van der Waals surface area contributed by atoms with Crippen LogP contribution >= 0.6 is 0 Å². The Morgan fingerprint density at radius 2 is 1.91 bits per heavy atom. The third kappa shape index (κ3) is 2.59. The third-order valence-electron chi connectivity index (χ3n) is 3.49. The molecule has 0 bridgehead atoms. The lowest BCUT2D eigenvalue weighted by Gasteiger charge is -2.29. The van der Waals surface area contributed by atoms with Crippen molar-refractivity contribution in [1.82, 2.24) is 3.97 Å². The molecule has 2 heterocycles. The molecule has 1 aromatic carbocycles. The van der Waals surface area contributed by atoms with Crippen molar-refractivity contribution in [3.8, 4) is 0 Å². The van der Waals surface area contributed by atoms with Crippen molar-refractivity contribution in [2.75, 3.05) is 17.5 Å². The van der Waals surface area contributed by atoms with E-state index in [1.165, 1.54) is 18.5 Å². The fourth-order valence-electron chi connectivity index (χ4n) is 2.44. The molecule has 8 heteroatoms. The molecule has 0 N–H and O–H groups in total. The zero-order valence-corrected chi connectivity index (χ0v) is 12.3. The summed E-state index contributed by atoms with van der Waals surface area (Å²) in [5.41, 5.74) is 0.0723. The highest BCUT2D eigenvalue weighted by Gasteiger charge is 2.34. The first-order valence-corrected chi connectivity index (χ1v) is 8.10. The molecule has 22 heavy (non-hydrogen) atoms. The van der Waals surface area contributed by atoms with Crippen LogP contribution in [0.5, 0.6) is 0 Å². The van der Waals surface area contributed by atoms with Gasteiger partial charge in [-0.2, -0.15) is 8.42 Å². The van der Waals surface area contributed by atoms with Crippen molar-refractivity contribution in [2.24, 2.45) is 0 Å². The lowest BCUT2D eigenvalue weighted by molar-refractivity contribution is 0.194. The molecule has 5 nitrogen and oxygen atoms in total. The first-order chi connectivity index (χ1) is 10.5. The van der Waals surface area contributed by atoms with Gasteiger partial charge >= 0.3 is 10.2 Å². The monoisotopic (exact) mass is 328 g/mol. The lowest BCUT2D eigenvalue weighted by atomic mass is 10.2. The molecule has 1 aliphatic rings. The molecule has 1 atom stereocenters. The van der Waals surface area contributed by atoms with Gasteiger partial charge in [0.1, 0.15) is 0 Å². The summed E-state index contributed by atoms with van der Waals surface area (Å²) >= 11 is 0. The van der Waals surface area contributed by atoms with Gasteiger partial charge in [0, 0.05) is 25.1 Å². The Morgan fingerprint density at radius 3 is 2.50 bits per heavy atom. The molecule has 0 unspecified atom stereocenters. The normalized spacial score (nSPS) is 18.5. The van der Waals surface area contributed by atoms with Crippen molar-refractivity contribution >= 4 is 15.9 Å². The number of benzene rings is 1. The zero-order valence-electron chi connectivity index (χ0n) is 11.5. The largest absolute Gasteiger partial charge is 0.379 e. The molecule has 2 aromatic rings. The second-order valence-corrected chi connectivity index (χ2v) is 6.64. The van der Waals surface area contributed by atoms with Crippen LogP contribution in [0, 0.1) is 11.6 Å². The lowest BCUT2D eigenvalue weighted by Crippen LogP contribution is -2.43. The highest BCUT2D eigenvalue weighted by atomic mass is 32.2. The number of hydrogen-bond donors (Lipinski definition) is 0. The number of hydrogen-bond acceptors (Lipinski definition) is 3. The Kier molecular flexibility index (Phi) is 3.88. The first kappa shape index (κ1) is 15.0. The zero-order chi connectivity index (χ0) is 15.7. The minimum absolute atomic E-state index is 0.0723. The average molecular weight is 328 g/mol. The van der Waals surface area contributed by atoms with E-state index in [9.17, 15) is 17.2 Å². The Hall–Kier alpha value is -1.93. The van der Waals surface area contributed by atoms with E-state index in [2.05, 4.69) is 0 Å². The van der Waals surface area contributed by atoms with Gasteiger partial charge in [-0.15, -0.1) is 0 Å². The fraction of sp³-hybridized carbons (Fsp3) is 0.286. The summed E-state index contributed by atoms with van der Waals surface area (Å²) in [5.74, 6) is -2.12. The SMILES string of the molecule is O=S(=O)(N(c1ccc(F)c(F)c1)[C@H]1CCOC1)n1cccc1. The molecule has 0 aliphatic carbocycles. The maximum Gasteiger partial charge on any atom is 0.330 e. The molecule has 0 radical (unpaired) electrons. The van der Waals surface area contributed by atoms with Crippen molar-refractivity contribution in [1.29, 1.82) is 0 Å². The molecular formula is C14H14F2N2O3S. The van der Waals surface area contributed by atoms with Crippen LogP contribution in [0.3, 0.4) is 0 Å². The summed E-state index contributed by atoms with van der Waals surface area (Å²) in [6, 6.07) is 5.74. The molecule has 1 aromatic heterocycles. The van der Waals surface area contributed by atoms with Crippen LogP contribution in [-0.2, 0) is 14.9 Å². The standard InChI is InChI=1S/C14H14F2N2O3S/c15-13-4-3-11(9-14(13)16)18(12-5-8-21-10-12)22(19,20)17-6-1-2-7-17/h1-4,6-7,9,12H,5,8,10H2/t12-/m0/s1. The summed E-state index contributed by atoms with van der Waals surface area (Å²) in [5, 5.41) is 0. The Morgan fingerprint density at radius 1 is 1.18 bits per heavy atom. The number of ether oxygens (including phenoxy) is 1. The van der Waals surface area contributed by atoms with E-state index < -0.39 is 27.9 Å². The molecule has 1 fully saturated rings. The number of anilines is 1. The molecule has 0 spiro atoms. The summed E-state index contributed by atoms with van der Waals surface area (Å²) in [6.07, 6.45) is 3.26. The van der Waals surface area contributed by atoms with Crippen molar-refractivity contribution < 1.29 is 21.9 Å². The van der Waals surface area contributed by atoms with E-state index >= 15 is 0 Å². The van der Waals surface area contributed by atoms with Crippen LogP contribution in [-0.4, -0.2) is 31.6 Å². The van der Waals surface area contributed by atoms with Crippen LogP contribution in [0.2, 0.25) is 0 Å². The second kappa shape index (κ2) is 5.69. The van der Waals surface area contributed by atoms with Crippen molar-refractivity contribution in [3.05, 3.63) is 54.4 Å². The molecule has 0 saturated carbocycles. The van der Waals surface area contributed by atoms with Crippen LogP contribution in [0.15, 0.2) is 42.7 Å². The maximum atomic E-state index is 13.5. The summed E-state index contributed by atoms with van der Waals surface area (Å²) in [7, 11) is -3.94. The number of nitrogens with zero attached hydrogens (tertiary/aromatic N) is 2. The van der Waals surface area contributed by atoms with Gasteiger partial charge < -0.3 is 4.74 Å². The van der Waals surface area contributed by atoms with Crippen molar-refractivity contribution in [2.45, 2.75) is 12.5 Å². The van der Waals surface area contributed by atoms with Gasteiger partial charge in [0.2, 0.25) is 0 Å². The highest BCUT2D eigenvalue weighted by molar-refractivity contribution is 7.91. The van der Waals surface area contributed by atoms with E-state index in [0.717, 1.165) is 20.4 Å². The highest BCUT2D eigenvalue weighted by Crippen LogP contribution is 2.27. The van der Waals surface area contributed by atoms with E-state index in [0.29, 0.717) is 13.0 Å². The van der Waals surface area contributed by atoms with Crippen LogP contribution < -0.4 is 4.31 Å². The minimum Gasteiger partial charge on any atom is -0.379 e. The summed E-state index contributed by atoms with van der Waals surface area (Å²) in [6.45, 7) is 0.630. The average Bonchev–Trinajstić information content (AvgIpc) is 3.15. The van der Waals surface area contributed by atoms with Gasteiger partial charge in [-0.3, -0.25) is 0 Å². The van der Waals surface area contributed by atoms with E-state index in [1.807, 2.05) is 0 Å². The second-order valence-electron chi connectivity index (χ2n) is 4.93. The number of halogens is 2. The molecule has 118 valence electrons. The minimum atomic E-state index is -3.94. The van der Waals surface area contributed by atoms with Gasteiger partial charge in [-0.05, 0) is 30.7 Å². The quantitative estimate of drug-likeness (QED) is 0.864. The maximum absolute atomic E-state index is 13.5. The van der Waals surface area contributed by atoms with Crippen LogP contribution in [0.1, 0.15) is 6.42 Å². The predicted octanol–water partition coefficient (Wildman–Crippen LogP) is 2.15. The Balaban J connectivity index is 2.09. The molecule has 1 saturated heterocycles. The van der Waals surface area contributed by atoms with Gasteiger partial charge in [-0.25, -0.2) is 17.1 Å². The van der Waals surface area contributed by atoms with E-state index in [4.69, 9.17) is 4.74 Å². The topological polar surface area (TPSA) is 51.5 Å². The smallest absolute Gasteiger partial charge is 0.330 e. The van der Waals surface area contributed by atoms with Crippen molar-refractivity contribution in [3.63, 3.8) is 0 Å². The van der Waals surface area contributed by atoms with Crippen LogP contribution in [0.25, 0.3) is 0 Å². The summed E-state index contributed by atoms with van der Waals surface area (Å²) < 4.78 is 59.6. The summed E-state index contributed by atoms with van der Waals surface area (Å²) in [4.78, 5) is 0. The molecular weight excluding hydrogens is 314 g/mol. The molecule has 1 aliphatic heterocycles. The number of aromatic nitrogens is 1. The Bertz CT molecular complexity index is 756. The van der Waals surface area contributed by atoms with Crippen LogP contribution in [0.4, 0.5) is 14.5 Å². The predicted molar refractivity (Wildman–Crippen MR) is 76.8 cm³/mol. The third-order valence-corrected chi connectivity index (χ3v) is 5.27. The van der Waals surface area contributed by atoms with Gasteiger partial charge in [0.15, 0.2) is 11.6 Å². The Labute approximate surface area is 126 Å². The van der Waals surface area contributed by atoms with E-state index in [-0.39, 0.29) is 12.3 Å². The first-order valence-electron chi connectivity index (χ1n) is 6.71. The molecule has 3 rings (SSSR count). The van der Waals surface area contributed by atoms with Gasteiger partial charge in [0.05, 0.1) is 18.3 Å². The van der Waals surface area contributed by atoms with Gasteiger partial charge in [0.25, 0.3) is 0 Å².